The summed E-state index contributed by atoms with van der Waals surface area (Å²) in [5.41, 5.74) is 1.30. The number of benzene rings is 1. The number of halogens is 1. The molecule has 1 rings (SSSR count). The van der Waals surface area contributed by atoms with Crippen LogP contribution in [0.5, 0.6) is 5.75 Å². The van der Waals surface area contributed by atoms with E-state index in [1.54, 1.807) is 45.0 Å². The average Bonchev–Trinajstić information content (AvgIpc) is 2.28. The quantitative estimate of drug-likeness (QED) is 0.825. The molecule has 1 aromatic carbocycles. The highest BCUT2D eigenvalue weighted by molar-refractivity contribution is 6.30. The maximum Gasteiger partial charge on any atom is 0.287 e. The standard InChI is InChI=1S/C12H16ClNO3/c1-4-16-14-11(15)12(2,3)17-10-7-5-9(13)6-8-10/h5-8H,4H2,1-3H3,(H,14,15). The van der Waals surface area contributed by atoms with Crippen molar-refractivity contribution in [2.45, 2.75) is 26.4 Å². The summed E-state index contributed by atoms with van der Waals surface area (Å²) in [6.07, 6.45) is 0. The first-order valence-corrected chi connectivity index (χ1v) is 5.70. The van der Waals surface area contributed by atoms with Crippen LogP contribution in [0.1, 0.15) is 20.8 Å². The van der Waals surface area contributed by atoms with Gasteiger partial charge >= 0.3 is 0 Å². The normalized spacial score (nSPS) is 11.1. The Morgan fingerprint density at radius 3 is 2.47 bits per heavy atom. The van der Waals surface area contributed by atoms with E-state index in [4.69, 9.17) is 21.2 Å². The van der Waals surface area contributed by atoms with Gasteiger partial charge in [-0.3, -0.25) is 9.63 Å². The van der Waals surface area contributed by atoms with E-state index in [0.717, 1.165) is 0 Å². The van der Waals surface area contributed by atoms with E-state index in [-0.39, 0.29) is 5.91 Å². The van der Waals surface area contributed by atoms with Crippen molar-refractivity contribution in [3.8, 4) is 5.75 Å². The minimum atomic E-state index is -1.01. The van der Waals surface area contributed by atoms with Gasteiger partial charge in [-0.15, -0.1) is 0 Å². The SMILES string of the molecule is CCONC(=O)C(C)(C)Oc1ccc(Cl)cc1. The Kier molecular flexibility index (Phi) is 4.78. The van der Waals surface area contributed by atoms with Crippen LogP contribution in [0, 0.1) is 0 Å². The van der Waals surface area contributed by atoms with Crippen LogP contribution in [0.15, 0.2) is 24.3 Å². The van der Waals surface area contributed by atoms with Gasteiger partial charge in [-0.2, -0.15) is 0 Å². The molecule has 0 heterocycles. The van der Waals surface area contributed by atoms with Gasteiger partial charge in [0, 0.05) is 5.02 Å². The molecule has 94 valence electrons. The van der Waals surface area contributed by atoms with Crippen molar-refractivity contribution in [3.05, 3.63) is 29.3 Å². The van der Waals surface area contributed by atoms with Crippen LogP contribution >= 0.6 is 11.6 Å². The second-order valence-corrected chi connectivity index (χ2v) is 4.37. The van der Waals surface area contributed by atoms with Gasteiger partial charge in [-0.1, -0.05) is 11.6 Å². The number of carbonyl (C=O) groups excluding carboxylic acids is 1. The Hall–Kier alpha value is -1.26. The molecule has 5 heteroatoms. The number of ether oxygens (including phenoxy) is 1. The number of hydrogen-bond acceptors (Lipinski definition) is 3. The van der Waals surface area contributed by atoms with E-state index in [9.17, 15) is 4.79 Å². The Bertz CT molecular complexity index is 376. The molecule has 0 atom stereocenters. The number of nitrogens with one attached hydrogen (secondary N) is 1. The van der Waals surface area contributed by atoms with Gasteiger partial charge in [0.1, 0.15) is 5.75 Å². The van der Waals surface area contributed by atoms with Crippen molar-refractivity contribution >= 4 is 17.5 Å². The van der Waals surface area contributed by atoms with Gasteiger partial charge in [0.05, 0.1) is 6.61 Å². The van der Waals surface area contributed by atoms with Gasteiger partial charge in [0.2, 0.25) is 0 Å². The first kappa shape index (κ1) is 13.8. The highest BCUT2D eigenvalue weighted by atomic mass is 35.5. The number of carbonyl (C=O) groups is 1. The smallest absolute Gasteiger partial charge is 0.287 e. The second-order valence-electron chi connectivity index (χ2n) is 3.93. The monoisotopic (exact) mass is 257 g/mol. The average molecular weight is 258 g/mol. The van der Waals surface area contributed by atoms with E-state index < -0.39 is 5.60 Å². The molecular weight excluding hydrogens is 242 g/mol. The minimum Gasteiger partial charge on any atom is -0.478 e. The lowest BCUT2D eigenvalue weighted by Crippen LogP contribution is -2.46. The Balaban J connectivity index is 2.65. The van der Waals surface area contributed by atoms with Crippen LogP contribution in [0.25, 0.3) is 0 Å². The molecule has 0 aliphatic heterocycles. The third-order valence-electron chi connectivity index (χ3n) is 2.04. The van der Waals surface area contributed by atoms with Crippen LogP contribution in [0.3, 0.4) is 0 Å². The van der Waals surface area contributed by atoms with Crippen molar-refractivity contribution in [2.24, 2.45) is 0 Å². The van der Waals surface area contributed by atoms with E-state index in [1.807, 2.05) is 0 Å². The summed E-state index contributed by atoms with van der Waals surface area (Å²) in [4.78, 5) is 16.5. The van der Waals surface area contributed by atoms with E-state index in [1.165, 1.54) is 0 Å². The van der Waals surface area contributed by atoms with Gasteiger partial charge in [0.15, 0.2) is 5.60 Å². The fourth-order valence-corrected chi connectivity index (χ4v) is 1.23. The molecule has 0 aromatic heterocycles. The summed E-state index contributed by atoms with van der Waals surface area (Å²) in [6, 6.07) is 6.82. The summed E-state index contributed by atoms with van der Waals surface area (Å²) in [6.45, 7) is 5.52. The maximum atomic E-state index is 11.7. The summed E-state index contributed by atoms with van der Waals surface area (Å²) in [5.74, 6) is 0.236. The number of amides is 1. The molecule has 0 spiro atoms. The number of rotatable bonds is 5. The molecule has 0 saturated carbocycles. The van der Waals surface area contributed by atoms with Crippen molar-refractivity contribution < 1.29 is 14.4 Å². The molecule has 1 N–H and O–H groups in total. The third kappa shape index (κ3) is 4.24. The van der Waals surface area contributed by atoms with Gasteiger partial charge in [-0.25, -0.2) is 5.48 Å². The zero-order valence-corrected chi connectivity index (χ0v) is 10.9. The minimum absolute atomic E-state index is 0.339. The molecule has 0 aliphatic rings. The molecule has 0 bridgehead atoms. The molecule has 1 aromatic rings. The topological polar surface area (TPSA) is 47.6 Å². The largest absolute Gasteiger partial charge is 0.478 e. The van der Waals surface area contributed by atoms with Gasteiger partial charge in [0.25, 0.3) is 5.91 Å². The van der Waals surface area contributed by atoms with Gasteiger partial charge < -0.3 is 4.74 Å². The lowest BCUT2D eigenvalue weighted by Gasteiger charge is -2.24. The Morgan fingerprint density at radius 2 is 1.94 bits per heavy atom. The predicted molar refractivity (Wildman–Crippen MR) is 65.9 cm³/mol. The summed E-state index contributed by atoms with van der Waals surface area (Å²) in [7, 11) is 0. The van der Waals surface area contributed by atoms with Crippen LogP contribution in [0.4, 0.5) is 0 Å². The molecule has 0 saturated heterocycles. The van der Waals surface area contributed by atoms with Crippen molar-refractivity contribution in [1.29, 1.82) is 0 Å². The van der Waals surface area contributed by atoms with Gasteiger partial charge in [-0.05, 0) is 45.0 Å². The molecule has 4 nitrogen and oxygen atoms in total. The third-order valence-corrected chi connectivity index (χ3v) is 2.29. The lowest BCUT2D eigenvalue weighted by molar-refractivity contribution is -0.147. The zero-order chi connectivity index (χ0) is 12.9. The van der Waals surface area contributed by atoms with Crippen molar-refractivity contribution in [3.63, 3.8) is 0 Å². The molecule has 0 unspecified atom stereocenters. The van der Waals surface area contributed by atoms with E-state index >= 15 is 0 Å². The first-order chi connectivity index (χ1) is 7.95. The fraction of sp³-hybridized carbons (Fsp3) is 0.417. The highest BCUT2D eigenvalue weighted by Gasteiger charge is 2.30. The van der Waals surface area contributed by atoms with E-state index in [2.05, 4.69) is 5.48 Å². The van der Waals surface area contributed by atoms with Crippen LogP contribution in [0.2, 0.25) is 5.02 Å². The second kappa shape index (κ2) is 5.89. The molecule has 0 aliphatic carbocycles. The molecule has 17 heavy (non-hydrogen) atoms. The maximum absolute atomic E-state index is 11.7. The molecular formula is C12H16ClNO3. The van der Waals surface area contributed by atoms with Crippen LogP contribution in [-0.2, 0) is 9.63 Å². The van der Waals surface area contributed by atoms with Crippen LogP contribution < -0.4 is 10.2 Å². The Morgan fingerprint density at radius 1 is 1.35 bits per heavy atom. The zero-order valence-electron chi connectivity index (χ0n) is 10.1. The summed E-state index contributed by atoms with van der Waals surface area (Å²) in [5, 5.41) is 0.619. The molecule has 1 amide bonds. The predicted octanol–water partition coefficient (Wildman–Crippen LogP) is 2.57. The Labute approximate surface area is 106 Å². The molecule has 0 fully saturated rings. The van der Waals surface area contributed by atoms with Crippen LogP contribution in [-0.4, -0.2) is 18.1 Å². The van der Waals surface area contributed by atoms with Crippen molar-refractivity contribution in [2.75, 3.05) is 6.61 Å². The molecule has 0 radical (unpaired) electrons. The fourth-order valence-electron chi connectivity index (χ4n) is 1.10. The first-order valence-electron chi connectivity index (χ1n) is 5.32. The summed E-state index contributed by atoms with van der Waals surface area (Å²) < 4.78 is 5.56. The van der Waals surface area contributed by atoms with E-state index in [0.29, 0.717) is 17.4 Å². The number of hydroxylamine groups is 1. The lowest BCUT2D eigenvalue weighted by atomic mass is 10.1. The number of hydrogen-bond donors (Lipinski definition) is 1. The highest BCUT2D eigenvalue weighted by Crippen LogP contribution is 2.20. The van der Waals surface area contributed by atoms with Crippen molar-refractivity contribution in [1.82, 2.24) is 5.48 Å². The summed E-state index contributed by atoms with van der Waals surface area (Å²) >= 11 is 5.76.